The standard InChI is InChI=1S/C21H23NO4/c1-2-3-14-26-21(25)17-10-7-11-18(15-17)22-20(24)13-12-19(23)16-8-5-4-6-9-16/h4-11,15H,2-3,12-14H2,1H3,(H,22,24). The van der Waals surface area contributed by atoms with Gasteiger partial charge in [0.05, 0.1) is 12.2 Å². The largest absolute Gasteiger partial charge is 0.462 e. The molecule has 26 heavy (non-hydrogen) atoms. The maximum atomic E-state index is 12.1. The quantitative estimate of drug-likeness (QED) is 0.416. The Morgan fingerprint density at radius 1 is 0.923 bits per heavy atom. The molecule has 0 heterocycles. The number of unbranched alkanes of at least 4 members (excludes halogenated alkanes) is 1. The molecule has 0 saturated heterocycles. The molecule has 0 spiro atoms. The molecule has 1 amide bonds. The van der Waals surface area contributed by atoms with Crippen molar-refractivity contribution in [3.05, 3.63) is 65.7 Å². The molecule has 5 nitrogen and oxygen atoms in total. The van der Waals surface area contributed by atoms with Crippen molar-refractivity contribution in [1.82, 2.24) is 0 Å². The van der Waals surface area contributed by atoms with Gasteiger partial charge < -0.3 is 10.1 Å². The van der Waals surface area contributed by atoms with Gasteiger partial charge in [0, 0.05) is 24.1 Å². The number of esters is 1. The van der Waals surface area contributed by atoms with Crippen molar-refractivity contribution in [3.63, 3.8) is 0 Å². The van der Waals surface area contributed by atoms with Gasteiger partial charge in [0.2, 0.25) is 5.91 Å². The fraction of sp³-hybridized carbons (Fsp3) is 0.286. The lowest BCUT2D eigenvalue weighted by atomic mass is 10.1. The molecule has 5 heteroatoms. The summed E-state index contributed by atoms with van der Waals surface area (Å²) in [5.41, 5.74) is 1.49. The zero-order valence-corrected chi connectivity index (χ0v) is 14.9. The van der Waals surface area contributed by atoms with Crippen molar-refractivity contribution >= 4 is 23.3 Å². The molecule has 0 atom stereocenters. The first kappa shape index (κ1) is 19.4. The number of hydrogen-bond acceptors (Lipinski definition) is 4. The van der Waals surface area contributed by atoms with E-state index in [9.17, 15) is 14.4 Å². The van der Waals surface area contributed by atoms with E-state index < -0.39 is 5.97 Å². The number of nitrogens with one attached hydrogen (secondary N) is 1. The Balaban J connectivity index is 1.86. The average molecular weight is 353 g/mol. The van der Waals surface area contributed by atoms with Gasteiger partial charge in [-0.3, -0.25) is 9.59 Å². The van der Waals surface area contributed by atoms with Gasteiger partial charge in [0.1, 0.15) is 0 Å². The van der Waals surface area contributed by atoms with Crippen LogP contribution in [0.3, 0.4) is 0 Å². The van der Waals surface area contributed by atoms with Crippen molar-refractivity contribution in [2.75, 3.05) is 11.9 Å². The van der Waals surface area contributed by atoms with Crippen LogP contribution in [0.15, 0.2) is 54.6 Å². The van der Waals surface area contributed by atoms with Gasteiger partial charge in [-0.2, -0.15) is 0 Å². The van der Waals surface area contributed by atoms with E-state index >= 15 is 0 Å². The van der Waals surface area contributed by atoms with E-state index in [0.717, 1.165) is 12.8 Å². The molecule has 1 N–H and O–H groups in total. The molecule has 2 aromatic rings. The molecule has 0 aliphatic rings. The summed E-state index contributed by atoms with van der Waals surface area (Å²) in [7, 11) is 0. The summed E-state index contributed by atoms with van der Waals surface area (Å²) in [6.07, 6.45) is 1.98. The summed E-state index contributed by atoms with van der Waals surface area (Å²) < 4.78 is 5.16. The zero-order chi connectivity index (χ0) is 18.8. The van der Waals surface area contributed by atoms with Crippen LogP contribution in [0.2, 0.25) is 0 Å². The highest BCUT2D eigenvalue weighted by molar-refractivity contribution is 6.00. The van der Waals surface area contributed by atoms with Crippen LogP contribution in [0.5, 0.6) is 0 Å². The summed E-state index contributed by atoms with van der Waals surface area (Å²) in [6, 6.07) is 15.5. The van der Waals surface area contributed by atoms with Gasteiger partial charge in [-0.15, -0.1) is 0 Å². The molecule has 0 aromatic heterocycles. The second kappa shape index (κ2) is 10.1. The zero-order valence-electron chi connectivity index (χ0n) is 14.9. The minimum absolute atomic E-state index is 0.0750. The molecule has 0 aliphatic carbocycles. The summed E-state index contributed by atoms with van der Waals surface area (Å²) >= 11 is 0. The molecule has 0 saturated carbocycles. The molecule has 0 radical (unpaired) electrons. The second-order valence-corrected chi connectivity index (χ2v) is 5.91. The Morgan fingerprint density at radius 3 is 2.38 bits per heavy atom. The van der Waals surface area contributed by atoms with Crippen LogP contribution in [-0.4, -0.2) is 24.3 Å². The van der Waals surface area contributed by atoms with E-state index in [2.05, 4.69) is 5.32 Å². The van der Waals surface area contributed by atoms with Gasteiger partial charge >= 0.3 is 5.97 Å². The fourth-order valence-corrected chi connectivity index (χ4v) is 2.34. The highest BCUT2D eigenvalue weighted by atomic mass is 16.5. The number of ketones is 1. The lowest BCUT2D eigenvalue weighted by molar-refractivity contribution is -0.116. The van der Waals surface area contributed by atoms with E-state index in [0.29, 0.717) is 23.4 Å². The first-order valence-corrected chi connectivity index (χ1v) is 8.75. The lowest BCUT2D eigenvalue weighted by Gasteiger charge is -2.08. The van der Waals surface area contributed by atoms with Crippen molar-refractivity contribution in [3.8, 4) is 0 Å². The Bertz CT molecular complexity index is 756. The number of benzene rings is 2. The maximum absolute atomic E-state index is 12.1. The molecule has 0 fully saturated rings. The van der Waals surface area contributed by atoms with Gasteiger partial charge in [-0.05, 0) is 24.6 Å². The van der Waals surface area contributed by atoms with Crippen LogP contribution in [0.1, 0.15) is 53.3 Å². The molecular weight excluding hydrogens is 330 g/mol. The molecule has 0 unspecified atom stereocenters. The van der Waals surface area contributed by atoms with Crippen molar-refractivity contribution < 1.29 is 19.1 Å². The molecule has 2 aromatic carbocycles. The van der Waals surface area contributed by atoms with Crippen molar-refractivity contribution in [2.24, 2.45) is 0 Å². The summed E-state index contributed by atoms with van der Waals surface area (Å²) in [6.45, 7) is 2.40. The summed E-state index contributed by atoms with van der Waals surface area (Å²) in [4.78, 5) is 36.0. The van der Waals surface area contributed by atoms with Crippen molar-refractivity contribution in [1.29, 1.82) is 0 Å². The maximum Gasteiger partial charge on any atom is 0.338 e. The number of Topliss-reactive ketones (excluding diaryl/α,β-unsaturated/α-hetero) is 1. The Hall–Kier alpha value is -2.95. The third-order valence-electron chi connectivity index (χ3n) is 3.79. The number of hydrogen-bond donors (Lipinski definition) is 1. The van der Waals surface area contributed by atoms with E-state index in [-0.39, 0.29) is 24.5 Å². The topological polar surface area (TPSA) is 72.5 Å². The van der Waals surface area contributed by atoms with Gasteiger partial charge in [-0.1, -0.05) is 49.7 Å². The number of rotatable bonds is 9. The second-order valence-electron chi connectivity index (χ2n) is 5.91. The molecule has 2 rings (SSSR count). The van der Waals surface area contributed by atoms with E-state index in [1.165, 1.54) is 0 Å². The first-order chi connectivity index (χ1) is 12.6. The predicted molar refractivity (Wildman–Crippen MR) is 100 cm³/mol. The smallest absolute Gasteiger partial charge is 0.338 e. The monoisotopic (exact) mass is 353 g/mol. The highest BCUT2D eigenvalue weighted by Gasteiger charge is 2.11. The molecular formula is C21H23NO4. The molecule has 0 bridgehead atoms. The third-order valence-corrected chi connectivity index (χ3v) is 3.79. The average Bonchev–Trinajstić information content (AvgIpc) is 2.67. The number of amides is 1. The molecule has 0 aliphatic heterocycles. The number of ether oxygens (including phenoxy) is 1. The fourth-order valence-electron chi connectivity index (χ4n) is 2.34. The number of carbonyl (C=O) groups is 3. The van der Waals surface area contributed by atoms with Crippen LogP contribution in [-0.2, 0) is 9.53 Å². The summed E-state index contributed by atoms with van der Waals surface area (Å²) in [5, 5.41) is 2.71. The lowest BCUT2D eigenvalue weighted by Crippen LogP contribution is -2.14. The Morgan fingerprint density at radius 2 is 1.65 bits per heavy atom. The van der Waals surface area contributed by atoms with Crippen LogP contribution in [0.4, 0.5) is 5.69 Å². The summed E-state index contributed by atoms with van der Waals surface area (Å²) in [5.74, 6) is -0.756. The number of carbonyl (C=O) groups excluding carboxylic acids is 3. The van der Waals surface area contributed by atoms with E-state index in [1.54, 1.807) is 48.5 Å². The third kappa shape index (κ3) is 6.16. The van der Waals surface area contributed by atoms with Crippen LogP contribution < -0.4 is 5.32 Å². The van der Waals surface area contributed by atoms with Crippen LogP contribution in [0.25, 0.3) is 0 Å². The highest BCUT2D eigenvalue weighted by Crippen LogP contribution is 2.13. The van der Waals surface area contributed by atoms with E-state index in [1.807, 2.05) is 13.0 Å². The minimum Gasteiger partial charge on any atom is -0.462 e. The number of anilines is 1. The normalized spacial score (nSPS) is 10.2. The van der Waals surface area contributed by atoms with Crippen molar-refractivity contribution in [2.45, 2.75) is 32.6 Å². The van der Waals surface area contributed by atoms with E-state index in [4.69, 9.17) is 4.74 Å². The molecule has 136 valence electrons. The Kier molecular flexibility index (Phi) is 7.55. The Labute approximate surface area is 153 Å². The first-order valence-electron chi connectivity index (χ1n) is 8.75. The van der Waals surface area contributed by atoms with Gasteiger partial charge in [0.25, 0.3) is 0 Å². The van der Waals surface area contributed by atoms with Crippen LogP contribution >= 0.6 is 0 Å². The predicted octanol–water partition coefficient (Wildman–Crippen LogP) is 4.25. The van der Waals surface area contributed by atoms with Crippen LogP contribution in [0, 0.1) is 0 Å². The SMILES string of the molecule is CCCCOC(=O)c1cccc(NC(=O)CCC(=O)c2ccccc2)c1. The van der Waals surface area contributed by atoms with Gasteiger partial charge in [0.15, 0.2) is 5.78 Å². The van der Waals surface area contributed by atoms with Gasteiger partial charge in [-0.25, -0.2) is 4.79 Å². The minimum atomic E-state index is -0.409.